The van der Waals surface area contributed by atoms with E-state index in [2.05, 4.69) is 15.2 Å². The molecule has 3 rings (SSSR count). The first kappa shape index (κ1) is 13.6. The summed E-state index contributed by atoms with van der Waals surface area (Å²) in [6, 6.07) is 0.0816. The van der Waals surface area contributed by atoms with Crippen molar-refractivity contribution in [3.8, 4) is 0 Å². The van der Waals surface area contributed by atoms with Gasteiger partial charge in [-0.2, -0.15) is 0 Å². The van der Waals surface area contributed by atoms with Gasteiger partial charge in [-0.1, -0.05) is 19.3 Å². The SMILES string of the molecule is Cn1ccnc1C1CNCCN1C(=O)C1CCCCC1. The van der Waals surface area contributed by atoms with Crippen LogP contribution in [0.15, 0.2) is 12.4 Å². The summed E-state index contributed by atoms with van der Waals surface area (Å²) in [7, 11) is 2.00. The van der Waals surface area contributed by atoms with Gasteiger partial charge in [-0.15, -0.1) is 0 Å². The minimum atomic E-state index is 0.0816. The molecule has 1 aromatic rings. The number of hydrogen-bond acceptors (Lipinski definition) is 3. The molecule has 5 heteroatoms. The Balaban J connectivity index is 1.78. The van der Waals surface area contributed by atoms with Crippen molar-refractivity contribution >= 4 is 5.91 Å². The van der Waals surface area contributed by atoms with Crippen molar-refractivity contribution in [3.63, 3.8) is 0 Å². The van der Waals surface area contributed by atoms with Crippen molar-refractivity contribution in [3.05, 3.63) is 18.2 Å². The Morgan fingerprint density at radius 1 is 1.35 bits per heavy atom. The monoisotopic (exact) mass is 276 g/mol. The Kier molecular flexibility index (Phi) is 4.05. The van der Waals surface area contributed by atoms with Gasteiger partial charge in [0.25, 0.3) is 0 Å². The summed E-state index contributed by atoms with van der Waals surface area (Å²) in [4.78, 5) is 19.3. The van der Waals surface area contributed by atoms with Crippen LogP contribution in [0, 0.1) is 5.92 Å². The Bertz CT molecular complexity index is 464. The number of amides is 1. The normalized spacial score (nSPS) is 24.9. The number of nitrogens with one attached hydrogen (secondary N) is 1. The molecule has 0 bridgehead atoms. The van der Waals surface area contributed by atoms with E-state index in [1.54, 1.807) is 0 Å². The second kappa shape index (κ2) is 5.95. The summed E-state index contributed by atoms with van der Waals surface area (Å²) < 4.78 is 2.03. The molecule has 1 N–H and O–H groups in total. The number of imidazole rings is 1. The fourth-order valence-corrected chi connectivity index (χ4v) is 3.48. The maximum absolute atomic E-state index is 12.8. The fraction of sp³-hybridized carbons (Fsp3) is 0.733. The number of aromatic nitrogens is 2. The van der Waals surface area contributed by atoms with Gasteiger partial charge in [0.2, 0.25) is 5.91 Å². The molecule has 2 fully saturated rings. The summed E-state index contributed by atoms with van der Waals surface area (Å²) >= 11 is 0. The molecule has 20 heavy (non-hydrogen) atoms. The minimum Gasteiger partial charge on any atom is -0.336 e. The fourth-order valence-electron chi connectivity index (χ4n) is 3.48. The summed E-state index contributed by atoms with van der Waals surface area (Å²) in [5.41, 5.74) is 0. The molecule has 0 spiro atoms. The lowest BCUT2D eigenvalue weighted by Crippen LogP contribution is -2.51. The van der Waals surface area contributed by atoms with Crippen LogP contribution in [-0.4, -0.2) is 40.0 Å². The zero-order valence-electron chi connectivity index (χ0n) is 12.2. The molecule has 5 nitrogen and oxygen atoms in total. The lowest BCUT2D eigenvalue weighted by molar-refractivity contribution is -0.140. The van der Waals surface area contributed by atoms with Gasteiger partial charge in [0.05, 0.1) is 0 Å². The molecule has 1 atom stereocenters. The standard InChI is InChI=1S/C15H24N4O/c1-18-9-8-17-14(18)13-11-16-7-10-19(13)15(20)12-5-3-2-4-6-12/h8-9,12-13,16H,2-7,10-11H2,1H3. The number of piperazine rings is 1. The second-order valence-electron chi connectivity index (χ2n) is 5.98. The number of nitrogens with zero attached hydrogens (tertiary/aromatic N) is 3. The third kappa shape index (κ3) is 2.59. The van der Waals surface area contributed by atoms with E-state index in [-0.39, 0.29) is 12.0 Å². The highest BCUT2D eigenvalue weighted by Crippen LogP contribution is 2.29. The molecule has 1 aromatic heterocycles. The predicted octanol–water partition coefficient (Wildman–Crippen LogP) is 1.47. The first-order chi connectivity index (χ1) is 9.77. The average molecular weight is 276 g/mol. The van der Waals surface area contributed by atoms with E-state index in [1.807, 2.05) is 24.0 Å². The molecule has 2 heterocycles. The van der Waals surface area contributed by atoms with Gasteiger partial charge in [0, 0.05) is 45.0 Å². The van der Waals surface area contributed by atoms with Gasteiger partial charge in [-0.05, 0) is 12.8 Å². The molecular formula is C15H24N4O. The van der Waals surface area contributed by atoms with Gasteiger partial charge in [-0.25, -0.2) is 4.98 Å². The van der Waals surface area contributed by atoms with Crippen molar-refractivity contribution < 1.29 is 4.79 Å². The van der Waals surface area contributed by atoms with Gasteiger partial charge >= 0.3 is 0 Å². The predicted molar refractivity (Wildman–Crippen MR) is 77.1 cm³/mol. The molecule has 1 aliphatic carbocycles. The highest BCUT2D eigenvalue weighted by molar-refractivity contribution is 5.79. The van der Waals surface area contributed by atoms with Crippen LogP contribution in [0.4, 0.5) is 0 Å². The van der Waals surface area contributed by atoms with Crippen LogP contribution in [-0.2, 0) is 11.8 Å². The quantitative estimate of drug-likeness (QED) is 0.890. The van der Waals surface area contributed by atoms with E-state index < -0.39 is 0 Å². The third-order valence-electron chi connectivity index (χ3n) is 4.64. The first-order valence-corrected chi connectivity index (χ1v) is 7.76. The third-order valence-corrected chi connectivity index (χ3v) is 4.64. The van der Waals surface area contributed by atoms with Crippen LogP contribution in [0.5, 0.6) is 0 Å². The molecule has 0 aromatic carbocycles. The highest BCUT2D eigenvalue weighted by atomic mass is 16.2. The van der Waals surface area contributed by atoms with E-state index in [0.717, 1.165) is 38.3 Å². The smallest absolute Gasteiger partial charge is 0.226 e. The molecule has 2 aliphatic rings. The first-order valence-electron chi connectivity index (χ1n) is 7.76. The van der Waals surface area contributed by atoms with Gasteiger partial charge in [0.15, 0.2) is 0 Å². The Labute approximate surface area is 120 Å². The Morgan fingerprint density at radius 3 is 2.85 bits per heavy atom. The minimum absolute atomic E-state index is 0.0816. The van der Waals surface area contributed by atoms with Crippen molar-refractivity contribution in [2.75, 3.05) is 19.6 Å². The summed E-state index contributed by atoms with van der Waals surface area (Å²) in [6.07, 6.45) is 9.59. The van der Waals surface area contributed by atoms with Crippen LogP contribution in [0.2, 0.25) is 0 Å². The van der Waals surface area contributed by atoms with Crippen LogP contribution in [0.1, 0.15) is 44.0 Å². The van der Waals surface area contributed by atoms with Crippen molar-refractivity contribution in [2.24, 2.45) is 13.0 Å². The maximum atomic E-state index is 12.8. The van der Waals surface area contributed by atoms with E-state index >= 15 is 0 Å². The molecule has 1 unspecified atom stereocenters. The van der Waals surface area contributed by atoms with Crippen LogP contribution in [0.25, 0.3) is 0 Å². The maximum Gasteiger partial charge on any atom is 0.226 e. The summed E-state index contributed by atoms with van der Waals surface area (Å²) in [6.45, 7) is 2.50. The van der Waals surface area contributed by atoms with E-state index in [9.17, 15) is 4.79 Å². The van der Waals surface area contributed by atoms with Crippen LogP contribution >= 0.6 is 0 Å². The van der Waals surface area contributed by atoms with Crippen LogP contribution in [0.3, 0.4) is 0 Å². The number of carbonyl (C=O) groups excluding carboxylic acids is 1. The topological polar surface area (TPSA) is 50.2 Å². The molecular weight excluding hydrogens is 252 g/mol. The lowest BCUT2D eigenvalue weighted by Gasteiger charge is -2.38. The zero-order valence-corrected chi connectivity index (χ0v) is 12.2. The number of hydrogen-bond donors (Lipinski definition) is 1. The van der Waals surface area contributed by atoms with E-state index in [0.29, 0.717) is 5.91 Å². The van der Waals surface area contributed by atoms with Gasteiger partial charge in [-0.3, -0.25) is 4.79 Å². The lowest BCUT2D eigenvalue weighted by atomic mass is 9.87. The van der Waals surface area contributed by atoms with Gasteiger partial charge < -0.3 is 14.8 Å². The molecule has 0 radical (unpaired) electrons. The highest BCUT2D eigenvalue weighted by Gasteiger charge is 2.34. The molecule has 1 amide bonds. The number of aryl methyl sites for hydroxylation is 1. The molecule has 1 saturated carbocycles. The Hall–Kier alpha value is -1.36. The molecule has 1 aliphatic heterocycles. The van der Waals surface area contributed by atoms with Crippen molar-refractivity contribution in [2.45, 2.75) is 38.1 Å². The van der Waals surface area contributed by atoms with E-state index in [4.69, 9.17) is 0 Å². The Morgan fingerprint density at radius 2 is 2.15 bits per heavy atom. The van der Waals surface area contributed by atoms with Crippen molar-refractivity contribution in [1.29, 1.82) is 0 Å². The second-order valence-corrected chi connectivity index (χ2v) is 5.98. The summed E-state index contributed by atoms with van der Waals surface area (Å²) in [5.74, 6) is 1.57. The van der Waals surface area contributed by atoms with E-state index in [1.165, 1.54) is 19.3 Å². The molecule has 1 saturated heterocycles. The van der Waals surface area contributed by atoms with Crippen molar-refractivity contribution in [1.82, 2.24) is 19.8 Å². The average Bonchev–Trinajstić information content (AvgIpc) is 2.93. The summed E-state index contributed by atoms with van der Waals surface area (Å²) in [5, 5.41) is 3.39. The largest absolute Gasteiger partial charge is 0.336 e. The van der Waals surface area contributed by atoms with Gasteiger partial charge in [0.1, 0.15) is 11.9 Å². The zero-order chi connectivity index (χ0) is 13.9. The van der Waals surface area contributed by atoms with Crippen LogP contribution < -0.4 is 5.32 Å². The molecule has 110 valence electrons. The number of carbonyl (C=O) groups is 1. The number of rotatable bonds is 2.